The molecule has 0 saturated carbocycles. The molecule has 16 heavy (non-hydrogen) atoms. The lowest BCUT2D eigenvalue weighted by Crippen LogP contribution is -2.09. The minimum Gasteiger partial charge on any atom is -0.325 e. The molecular weight excluding hydrogens is 214 g/mol. The molecule has 1 atom stereocenters. The third kappa shape index (κ3) is 2.81. The van der Waals surface area contributed by atoms with Crippen LogP contribution in [0.3, 0.4) is 0 Å². The van der Waals surface area contributed by atoms with Crippen LogP contribution in [0.2, 0.25) is 0 Å². The van der Waals surface area contributed by atoms with Gasteiger partial charge in [0, 0.05) is 15.8 Å². The molecule has 0 radical (unpaired) electrons. The molecule has 1 nitrogen and oxygen atoms in total. The van der Waals surface area contributed by atoms with Gasteiger partial charge in [0.1, 0.15) is 0 Å². The monoisotopic (exact) mass is 229 g/mol. The Balaban J connectivity index is 2.20. The van der Waals surface area contributed by atoms with Gasteiger partial charge in [0.25, 0.3) is 0 Å². The average Bonchev–Trinajstić information content (AvgIpc) is 2.76. The van der Waals surface area contributed by atoms with Crippen LogP contribution in [0, 0.1) is 0 Å². The Hall–Kier alpha value is -1.38. The zero-order valence-corrected chi connectivity index (χ0v) is 10.1. The second-order valence-corrected chi connectivity index (χ2v) is 4.90. The maximum absolute atomic E-state index is 5.68. The van der Waals surface area contributed by atoms with Crippen LogP contribution in [0.25, 0.3) is 16.5 Å². The van der Waals surface area contributed by atoms with E-state index in [2.05, 4.69) is 42.5 Å². The molecule has 0 aliphatic rings. The van der Waals surface area contributed by atoms with Crippen LogP contribution in [0.4, 0.5) is 0 Å². The van der Waals surface area contributed by atoms with E-state index < -0.39 is 0 Å². The summed E-state index contributed by atoms with van der Waals surface area (Å²) in [5.41, 5.74) is 6.95. The number of benzene rings is 1. The Kier molecular flexibility index (Phi) is 3.54. The fraction of sp³-hybridized carbons (Fsp3) is 0.143. The maximum atomic E-state index is 5.68. The summed E-state index contributed by atoms with van der Waals surface area (Å²) < 4.78 is 0. The number of thiophene rings is 1. The Labute approximate surface area is 100 Å². The highest BCUT2D eigenvalue weighted by atomic mass is 32.1. The number of hydrogen-bond donors (Lipinski definition) is 1. The van der Waals surface area contributed by atoms with Crippen LogP contribution in [-0.2, 0) is 0 Å². The van der Waals surface area contributed by atoms with Gasteiger partial charge in [-0.3, -0.25) is 0 Å². The van der Waals surface area contributed by atoms with E-state index in [1.807, 2.05) is 19.1 Å². The van der Waals surface area contributed by atoms with Gasteiger partial charge in [-0.2, -0.15) is 0 Å². The van der Waals surface area contributed by atoms with Gasteiger partial charge in [-0.1, -0.05) is 36.4 Å². The molecule has 1 heterocycles. The molecule has 1 unspecified atom stereocenters. The van der Waals surface area contributed by atoms with Gasteiger partial charge in [0.15, 0.2) is 0 Å². The van der Waals surface area contributed by atoms with Crippen LogP contribution in [0.15, 0.2) is 48.5 Å². The minimum absolute atomic E-state index is 0.113. The molecule has 1 aromatic heterocycles. The Morgan fingerprint density at radius 3 is 2.56 bits per heavy atom. The molecule has 2 heteroatoms. The SMILES string of the molecule is CC(N)/C=C/c1ccc(-c2ccccc2)s1. The topological polar surface area (TPSA) is 26.0 Å². The van der Waals surface area contributed by atoms with Crippen molar-refractivity contribution in [3.05, 3.63) is 53.4 Å². The summed E-state index contributed by atoms with van der Waals surface area (Å²) in [4.78, 5) is 2.54. The Morgan fingerprint density at radius 1 is 1.12 bits per heavy atom. The van der Waals surface area contributed by atoms with Gasteiger partial charge >= 0.3 is 0 Å². The highest BCUT2D eigenvalue weighted by Crippen LogP contribution is 2.28. The van der Waals surface area contributed by atoms with Gasteiger partial charge < -0.3 is 5.73 Å². The van der Waals surface area contributed by atoms with Crippen LogP contribution in [-0.4, -0.2) is 6.04 Å². The van der Waals surface area contributed by atoms with E-state index in [0.717, 1.165) is 0 Å². The van der Waals surface area contributed by atoms with Crippen LogP contribution in [0.1, 0.15) is 11.8 Å². The molecule has 0 fully saturated rings. The molecule has 82 valence electrons. The Morgan fingerprint density at radius 2 is 1.88 bits per heavy atom. The van der Waals surface area contributed by atoms with Crippen molar-refractivity contribution in [3.63, 3.8) is 0 Å². The molecule has 1 aromatic carbocycles. The fourth-order valence-corrected chi connectivity index (χ4v) is 2.37. The summed E-state index contributed by atoms with van der Waals surface area (Å²) in [5.74, 6) is 0. The van der Waals surface area contributed by atoms with Crippen molar-refractivity contribution in [2.75, 3.05) is 0 Å². The smallest absolute Gasteiger partial charge is 0.0349 e. The van der Waals surface area contributed by atoms with Crippen molar-refractivity contribution >= 4 is 17.4 Å². The van der Waals surface area contributed by atoms with Gasteiger partial charge in [0.05, 0.1) is 0 Å². The van der Waals surface area contributed by atoms with Crippen molar-refractivity contribution in [1.29, 1.82) is 0 Å². The minimum atomic E-state index is 0.113. The van der Waals surface area contributed by atoms with Crippen molar-refractivity contribution < 1.29 is 0 Å². The van der Waals surface area contributed by atoms with E-state index in [-0.39, 0.29) is 6.04 Å². The second kappa shape index (κ2) is 5.10. The largest absolute Gasteiger partial charge is 0.325 e. The molecule has 2 aromatic rings. The standard InChI is InChI=1S/C14H15NS/c1-11(15)7-8-13-9-10-14(16-13)12-5-3-2-4-6-12/h2-11H,15H2,1H3/b8-7+. The Bertz CT molecular complexity index is 468. The van der Waals surface area contributed by atoms with E-state index >= 15 is 0 Å². The summed E-state index contributed by atoms with van der Waals surface area (Å²) in [6.07, 6.45) is 4.10. The van der Waals surface area contributed by atoms with E-state index in [9.17, 15) is 0 Å². The van der Waals surface area contributed by atoms with Crippen molar-refractivity contribution in [2.24, 2.45) is 5.73 Å². The number of nitrogens with two attached hydrogens (primary N) is 1. The summed E-state index contributed by atoms with van der Waals surface area (Å²) in [6, 6.07) is 14.8. The highest BCUT2D eigenvalue weighted by molar-refractivity contribution is 7.16. The van der Waals surface area contributed by atoms with Gasteiger partial charge in [-0.25, -0.2) is 0 Å². The zero-order chi connectivity index (χ0) is 11.4. The lowest BCUT2D eigenvalue weighted by Gasteiger charge is -1.95. The van der Waals surface area contributed by atoms with E-state index in [0.29, 0.717) is 0 Å². The fourth-order valence-electron chi connectivity index (χ4n) is 1.45. The average molecular weight is 229 g/mol. The summed E-state index contributed by atoms with van der Waals surface area (Å²) >= 11 is 1.79. The van der Waals surface area contributed by atoms with Gasteiger partial charge in [-0.05, 0) is 30.7 Å². The molecule has 2 N–H and O–H groups in total. The first-order valence-electron chi connectivity index (χ1n) is 5.35. The summed E-state index contributed by atoms with van der Waals surface area (Å²) in [6.45, 7) is 1.97. The first-order valence-corrected chi connectivity index (χ1v) is 6.16. The second-order valence-electron chi connectivity index (χ2n) is 3.79. The van der Waals surface area contributed by atoms with E-state index in [1.165, 1.54) is 15.3 Å². The zero-order valence-electron chi connectivity index (χ0n) is 9.26. The van der Waals surface area contributed by atoms with Crippen molar-refractivity contribution in [2.45, 2.75) is 13.0 Å². The molecule has 0 aliphatic carbocycles. The summed E-state index contributed by atoms with van der Waals surface area (Å²) in [5, 5.41) is 0. The third-order valence-electron chi connectivity index (χ3n) is 2.25. The van der Waals surface area contributed by atoms with Gasteiger partial charge in [-0.15, -0.1) is 11.3 Å². The number of rotatable bonds is 3. The van der Waals surface area contributed by atoms with Crippen molar-refractivity contribution in [1.82, 2.24) is 0 Å². The first-order chi connectivity index (χ1) is 7.75. The summed E-state index contributed by atoms with van der Waals surface area (Å²) in [7, 11) is 0. The number of hydrogen-bond acceptors (Lipinski definition) is 2. The van der Waals surface area contributed by atoms with Crippen LogP contribution < -0.4 is 5.73 Å². The van der Waals surface area contributed by atoms with E-state index in [1.54, 1.807) is 11.3 Å². The lowest BCUT2D eigenvalue weighted by atomic mass is 10.2. The van der Waals surface area contributed by atoms with E-state index in [4.69, 9.17) is 5.73 Å². The molecule has 2 rings (SSSR count). The maximum Gasteiger partial charge on any atom is 0.0349 e. The molecule has 0 amide bonds. The third-order valence-corrected chi connectivity index (χ3v) is 3.35. The molecular formula is C14H15NS. The first kappa shape index (κ1) is 11.1. The molecule has 0 saturated heterocycles. The van der Waals surface area contributed by atoms with Crippen LogP contribution in [0.5, 0.6) is 0 Å². The predicted molar refractivity (Wildman–Crippen MR) is 72.4 cm³/mol. The lowest BCUT2D eigenvalue weighted by molar-refractivity contribution is 0.931. The quantitative estimate of drug-likeness (QED) is 0.851. The van der Waals surface area contributed by atoms with Crippen molar-refractivity contribution in [3.8, 4) is 10.4 Å². The molecule has 0 bridgehead atoms. The molecule has 0 spiro atoms. The predicted octanol–water partition coefficient (Wildman–Crippen LogP) is 3.78. The normalized spacial score (nSPS) is 13.1. The van der Waals surface area contributed by atoms with Crippen LogP contribution >= 0.6 is 11.3 Å². The highest BCUT2D eigenvalue weighted by Gasteiger charge is 1.99. The van der Waals surface area contributed by atoms with Gasteiger partial charge in [0.2, 0.25) is 0 Å². The molecule has 0 aliphatic heterocycles.